The van der Waals surface area contributed by atoms with E-state index in [0.717, 1.165) is 30.1 Å². The van der Waals surface area contributed by atoms with Crippen LogP contribution >= 0.6 is 11.3 Å². The van der Waals surface area contributed by atoms with Crippen molar-refractivity contribution in [2.75, 3.05) is 20.6 Å². The maximum Gasteiger partial charge on any atom is 0.141 e. The molecule has 3 aromatic rings. The van der Waals surface area contributed by atoms with E-state index in [1.807, 2.05) is 23.6 Å². The summed E-state index contributed by atoms with van der Waals surface area (Å²) in [7, 11) is 4.21. The van der Waals surface area contributed by atoms with Gasteiger partial charge < -0.3 is 15.2 Å². The zero-order chi connectivity index (χ0) is 16.2. The van der Waals surface area contributed by atoms with E-state index >= 15 is 0 Å². The predicted octanol–water partition coefficient (Wildman–Crippen LogP) is 3.69. The summed E-state index contributed by atoms with van der Waals surface area (Å²) in [5.41, 5.74) is 8.20. The number of nitrogens with two attached hydrogens (primary N) is 1. The van der Waals surface area contributed by atoms with Gasteiger partial charge >= 0.3 is 0 Å². The highest BCUT2D eigenvalue weighted by Crippen LogP contribution is 2.23. The van der Waals surface area contributed by atoms with Gasteiger partial charge in [0.1, 0.15) is 5.84 Å². The van der Waals surface area contributed by atoms with Gasteiger partial charge in [0.25, 0.3) is 0 Å². The van der Waals surface area contributed by atoms with Crippen LogP contribution in [0.2, 0.25) is 0 Å². The van der Waals surface area contributed by atoms with Crippen LogP contribution in [-0.2, 0) is 6.54 Å². The Balaban J connectivity index is 1.84. The van der Waals surface area contributed by atoms with Gasteiger partial charge in [-0.2, -0.15) is 0 Å². The molecule has 0 radical (unpaired) electrons. The first-order chi connectivity index (χ1) is 11.1. The van der Waals surface area contributed by atoms with E-state index in [-0.39, 0.29) is 0 Å². The molecule has 1 aromatic carbocycles. The summed E-state index contributed by atoms with van der Waals surface area (Å²) in [6.45, 7) is 2.10. The van der Waals surface area contributed by atoms with Gasteiger partial charge in [-0.15, -0.1) is 11.3 Å². The molecule has 0 spiro atoms. The number of amidine groups is 1. The topological polar surface area (TPSA) is 46.5 Å². The summed E-state index contributed by atoms with van der Waals surface area (Å²) in [5, 5.41) is 3.25. The molecule has 2 heterocycles. The molecule has 4 nitrogen and oxygen atoms in total. The molecule has 0 aliphatic rings. The normalized spacial score (nSPS) is 12.4. The first-order valence-corrected chi connectivity index (χ1v) is 8.63. The van der Waals surface area contributed by atoms with Crippen LogP contribution in [0.5, 0.6) is 0 Å². The highest BCUT2D eigenvalue weighted by molar-refractivity contribution is 7.12. The van der Waals surface area contributed by atoms with Crippen molar-refractivity contribution in [1.82, 2.24) is 9.47 Å². The average molecular weight is 326 g/mol. The van der Waals surface area contributed by atoms with Crippen LogP contribution in [0.25, 0.3) is 10.9 Å². The Morgan fingerprint density at radius 3 is 2.87 bits per heavy atom. The summed E-state index contributed by atoms with van der Waals surface area (Å²) >= 11 is 1.61. The van der Waals surface area contributed by atoms with Crippen molar-refractivity contribution in [3.63, 3.8) is 0 Å². The Kier molecular flexibility index (Phi) is 4.79. The van der Waals surface area contributed by atoms with Gasteiger partial charge in [0.05, 0.1) is 16.1 Å². The molecular formula is C18H22N4S. The van der Waals surface area contributed by atoms with E-state index in [2.05, 4.69) is 53.0 Å². The minimum absolute atomic E-state index is 0.574. The lowest BCUT2D eigenvalue weighted by atomic mass is 10.2. The molecule has 2 N–H and O–H groups in total. The monoisotopic (exact) mass is 326 g/mol. The molecule has 0 saturated heterocycles. The van der Waals surface area contributed by atoms with Gasteiger partial charge in [-0.25, -0.2) is 4.99 Å². The minimum atomic E-state index is 0.574. The molecule has 0 aliphatic carbocycles. The van der Waals surface area contributed by atoms with Gasteiger partial charge in [0.2, 0.25) is 0 Å². The van der Waals surface area contributed by atoms with Gasteiger partial charge in [-0.1, -0.05) is 12.1 Å². The summed E-state index contributed by atoms with van der Waals surface area (Å²) in [6, 6.07) is 12.4. The third kappa shape index (κ3) is 3.81. The van der Waals surface area contributed by atoms with Crippen LogP contribution in [0, 0.1) is 0 Å². The molecule has 120 valence electrons. The molecule has 0 atom stereocenters. The quantitative estimate of drug-likeness (QED) is 0.555. The van der Waals surface area contributed by atoms with E-state index in [9.17, 15) is 0 Å². The number of benzene rings is 1. The summed E-state index contributed by atoms with van der Waals surface area (Å²) in [4.78, 5) is 7.78. The second-order valence-corrected chi connectivity index (χ2v) is 6.83. The van der Waals surface area contributed by atoms with Crippen LogP contribution in [0.4, 0.5) is 5.69 Å². The van der Waals surface area contributed by atoms with Crippen molar-refractivity contribution in [1.29, 1.82) is 0 Å². The standard InChI is InChI=1S/C18H22N4S/c1-21(2)9-4-10-22-11-8-14-6-7-15(13-16(14)22)20-18(19)17-5-3-12-23-17/h3,5-8,11-13H,4,9-10H2,1-2H3,(H2,19,20). The number of hydrogen-bond acceptors (Lipinski definition) is 3. The lowest BCUT2D eigenvalue weighted by Gasteiger charge is -2.10. The van der Waals surface area contributed by atoms with Crippen molar-refractivity contribution < 1.29 is 0 Å². The molecule has 0 aliphatic heterocycles. The van der Waals surface area contributed by atoms with E-state index in [4.69, 9.17) is 5.73 Å². The minimum Gasteiger partial charge on any atom is -0.383 e. The molecule has 0 amide bonds. The third-order valence-electron chi connectivity index (χ3n) is 3.79. The number of nitrogens with zero attached hydrogens (tertiary/aromatic N) is 3. The first kappa shape index (κ1) is 15.8. The highest BCUT2D eigenvalue weighted by Gasteiger charge is 2.04. The summed E-state index contributed by atoms with van der Waals surface area (Å²) < 4.78 is 2.29. The Morgan fingerprint density at radius 1 is 1.26 bits per heavy atom. The summed E-state index contributed by atoms with van der Waals surface area (Å²) in [6.07, 6.45) is 3.28. The van der Waals surface area contributed by atoms with Crippen LogP contribution < -0.4 is 5.73 Å². The number of fused-ring (bicyclic) bond motifs is 1. The second kappa shape index (κ2) is 6.98. The van der Waals surface area contributed by atoms with Gasteiger partial charge in [-0.05, 0) is 62.1 Å². The molecule has 3 rings (SSSR count). The van der Waals surface area contributed by atoms with Gasteiger partial charge in [0, 0.05) is 12.7 Å². The lowest BCUT2D eigenvalue weighted by molar-refractivity contribution is 0.388. The number of rotatable bonds is 6. The zero-order valence-corrected chi connectivity index (χ0v) is 14.4. The van der Waals surface area contributed by atoms with Crippen molar-refractivity contribution in [3.8, 4) is 0 Å². The largest absolute Gasteiger partial charge is 0.383 e. The molecule has 0 bridgehead atoms. The number of aliphatic imine (C=N–C) groups is 1. The fourth-order valence-corrected chi connectivity index (χ4v) is 3.24. The molecule has 0 unspecified atom stereocenters. The van der Waals surface area contributed by atoms with E-state index in [0.29, 0.717) is 5.84 Å². The third-order valence-corrected chi connectivity index (χ3v) is 4.68. The Bertz CT molecular complexity index is 800. The van der Waals surface area contributed by atoms with Crippen LogP contribution in [0.15, 0.2) is 53.0 Å². The Labute approximate surface area is 140 Å². The molecule has 23 heavy (non-hydrogen) atoms. The smallest absolute Gasteiger partial charge is 0.141 e. The Hall–Kier alpha value is -2.11. The van der Waals surface area contributed by atoms with Crippen LogP contribution in [0.3, 0.4) is 0 Å². The molecule has 5 heteroatoms. The maximum atomic E-state index is 6.09. The molecule has 0 saturated carbocycles. The van der Waals surface area contributed by atoms with Crippen molar-refractivity contribution in [3.05, 3.63) is 52.9 Å². The fraction of sp³-hybridized carbons (Fsp3) is 0.278. The predicted molar refractivity (Wildman–Crippen MR) is 99.8 cm³/mol. The van der Waals surface area contributed by atoms with Gasteiger partial charge in [0.15, 0.2) is 0 Å². The number of thiophene rings is 1. The van der Waals surface area contributed by atoms with E-state index in [1.165, 1.54) is 10.9 Å². The van der Waals surface area contributed by atoms with E-state index < -0.39 is 0 Å². The van der Waals surface area contributed by atoms with Gasteiger partial charge in [-0.3, -0.25) is 0 Å². The fourth-order valence-electron chi connectivity index (χ4n) is 2.61. The average Bonchev–Trinajstić information content (AvgIpc) is 3.17. The highest BCUT2D eigenvalue weighted by atomic mass is 32.1. The van der Waals surface area contributed by atoms with Crippen LogP contribution in [0.1, 0.15) is 11.3 Å². The zero-order valence-electron chi connectivity index (χ0n) is 13.6. The maximum absolute atomic E-state index is 6.09. The Morgan fingerprint density at radius 2 is 2.13 bits per heavy atom. The molecular weight excluding hydrogens is 304 g/mol. The first-order valence-electron chi connectivity index (χ1n) is 7.75. The lowest BCUT2D eigenvalue weighted by Crippen LogP contribution is -2.14. The SMILES string of the molecule is CN(C)CCCn1ccc2ccc(N=C(N)c3cccs3)cc21. The summed E-state index contributed by atoms with van der Waals surface area (Å²) in [5.74, 6) is 0.574. The number of aromatic nitrogens is 1. The second-order valence-electron chi connectivity index (χ2n) is 5.88. The molecule has 2 aromatic heterocycles. The number of aryl methyl sites for hydroxylation is 1. The van der Waals surface area contributed by atoms with Crippen molar-refractivity contribution in [2.24, 2.45) is 10.7 Å². The van der Waals surface area contributed by atoms with Crippen LogP contribution in [-0.4, -0.2) is 35.9 Å². The van der Waals surface area contributed by atoms with Crippen molar-refractivity contribution >= 4 is 33.8 Å². The molecule has 0 fully saturated rings. The van der Waals surface area contributed by atoms with Crippen molar-refractivity contribution in [2.45, 2.75) is 13.0 Å². The van der Waals surface area contributed by atoms with E-state index in [1.54, 1.807) is 11.3 Å². The number of hydrogen-bond donors (Lipinski definition) is 1.